The van der Waals surface area contributed by atoms with E-state index in [4.69, 9.17) is 11.2 Å². The van der Waals surface area contributed by atoms with Gasteiger partial charge >= 0.3 is 6.09 Å². The van der Waals surface area contributed by atoms with Gasteiger partial charge in [0.25, 0.3) is 0 Å². The zero-order valence-corrected chi connectivity index (χ0v) is 20.5. The Labute approximate surface area is 192 Å². The van der Waals surface area contributed by atoms with Gasteiger partial charge in [-0.25, -0.2) is 4.79 Å². The van der Waals surface area contributed by atoms with Gasteiger partial charge in [-0.05, 0) is 66.5 Å². The first kappa shape index (κ1) is 27.0. The van der Waals surface area contributed by atoms with Gasteiger partial charge in [0.1, 0.15) is 17.7 Å². The van der Waals surface area contributed by atoms with Gasteiger partial charge in [0.05, 0.1) is 0 Å². The van der Waals surface area contributed by atoms with Crippen LogP contribution in [0, 0.1) is 12.3 Å². The van der Waals surface area contributed by atoms with Gasteiger partial charge in [-0.3, -0.25) is 9.59 Å². The summed E-state index contributed by atoms with van der Waals surface area (Å²) in [6.07, 6.45) is 5.61. The second kappa shape index (κ2) is 11.6. The summed E-state index contributed by atoms with van der Waals surface area (Å²) in [7, 11) is 0. The number of alkyl carbamates (subject to hydrolysis) is 1. The van der Waals surface area contributed by atoms with Gasteiger partial charge in [-0.2, -0.15) is 0 Å². The number of carbonyl (C=O) groups is 3. The largest absolute Gasteiger partial charge is 0.444 e. The average Bonchev–Trinajstić information content (AvgIpc) is 2.68. The number of amides is 3. The second-order valence-corrected chi connectivity index (χ2v) is 9.17. The molecule has 0 aromatic heterocycles. The van der Waals surface area contributed by atoms with Crippen LogP contribution in [0.2, 0.25) is 0 Å². The molecule has 2 N–H and O–H groups in total. The van der Waals surface area contributed by atoms with Crippen LogP contribution in [0.5, 0.6) is 0 Å². The van der Waals surface area contributed by atoms with Crippen LogP contribution in [0.4, 0.5) is 4.79 Å². The van der Waals surface area contributed by atoms with Crippen LogP contribution in [-0.4, -0.2) is 46.5 Å². The van der Waals surface area contributed by atoms with Crippen molar-refractivity contribution in [2.45, 2.75) is 91.6 Å². The molecule has 7 heteroatoms. The van der Waals surface area contributed by atoms with E-state index in [0.29, 0.717) is 17.5 Å². The van der Waals surface area contributed by atoms with Crippen molar-refractivity contribution >= 4 is 17.9 Å². The first-order valence-electron chi connectivity index (χ1n) is 11.0. The van der Waals surface area contributed by atoms with Gasteiger partial charge in [-0.1, -0.05) is 31.0 Å². The Bertz CT molecular complexity index is 851. The lowest BCUT2D eigenvalue weighted by molar-refractivity contribution is -0.145. The van der Waals surface area contributed by atoms with Crippen LogP contribution >= 0.6 is 0 Å². The summed E-state index contributed by atoms with van der Waals surface area (Å²) < 4.78 is 5.28. The van der Waals surface area contributed by atoms with E-state index in [1.807, 2.05) is 27.7 Å². The molecule has 176 valence electrons. The molecule has 0 saturated carbocycles. The molecule has 32 heavy (non-hydrogen) atoms. The maximum atomic E-state index is 13.6. The minimum Gasteiger partial charge on any atom is -0.444 e. The molecule has 0 spiro atoms. The third-order valence-electron chi connectivity index (χ3n) is 4.79. The van der Waals surface area contributed by atoms with E-state index >= 15 is 0 Å². The summed E-state index contributed by atoms with van der Waals surface area (Å²) in [5.41, 5.74) is 0.394. The molecule has 7 nitrogen and oxygen atoms in total. The zero-order chi connectivity index (χ0) is 24.6. The minimum absolute atomic E-state index is 0.130. The molecular formula is C25H37N3O4. The quantitative estimate of drug-likeness (QED) is 0.599. The predicted molar refractivity (Wildman–Crippen MR) is 126 cm³/mol. The zero-order valence-electron chi connectivity index (χ0n) is 20.5. The Hall–Kier alpha value is -3.01. The molecule has 3 unspecified atom stereocenters. The lowest BCUT2D eigenvalue weighted by Gasteiger charge is -2.38. The maximum absolute atomic E-state index is 13.6. The van der Waals surface area contributed by atoms with Crippen molar-refractivity contribution in [3.63, 3.8) is 0 Å². The summed E-state index contributed by atoms with van der Waals surface area (Å²) in [5.74, 6) is 1.88. The van der Waals surface area contributed by atoms with Gasteiger partial charge < -0.3 is 20.3 Å². The van der Waals surface area contributed by atoms with E-state index in [2.05, 4.69) is 16.6 Å². The summed E-state index contributed by atoms with van der Waals surface area (Å²) in [5, 5.41) is 5.49. The van der Waals surface area contributed by atoms with Crippen molar-refractivity contribution in [1.29, 1.82) is 0 Å². The van der Waals surface area contributed by atoms with Gasteiger partial charge in [0, 0.05) is 17.6 Å². The van der Waals surface area contributed by atoms with Gasteiger partial charge in [0.15, 0.2) is 0 Å². The molecule has 0 radical (unpaired) electrons. The normalized spacial score (nSPS) is 14.0. The molecule has 0 saturated heterocycles. The Kier molecular flexibility index (Phi) is 9.77. The van der Waals surface area contributed by atoms with Crippen molar-refractivity contribution in [2.24, 2.45) is 0 Å². The summed E-state index contributed by atoms with van der Waals surface area (Å²) in [4.78, 5) is 40.7. The lowest BCUT2D eigenvalue weighted by atomic mass is 9.95. The Morgan fingerprint density at radius 3 is 2.19 bits per heavy atom. The standard InChI is InChI=1S/C25H37N3O4/c1-10-17(5)28(23(30)18(6)27-24(31)32-25(7,8)9)21(22(29)26-16(3)4)20-15-13-12-14-19(20)11-2/h2,12-18,21H,10H2,1,3-9H3,(H,26,29)(H,27,31). The second-order valence-electron chi connectivity index (χ2n) is 9.17. The molecule has 3 amide bonds. The van der Waals surface area contributed by atoms with Crippen LogP contribution < -0.4 is 10.6 Å². The number of terminal acetylenes is 1. The van der Waals surface area contributed by atoms with Crippen LogP contribution in [0.25, 0.3) is 0 Å². The van der Waals surface area contributed by atoms with Crippen LogP contribution in [0.1, 0.15) is 79.0 Å². The highest BCUT2D eigenvalue weighted by atomic mass is 16.6. The number of nitrogens with zero attached hydrogens (tertiary/aromatic N) is 1. The van der Waals surface area contributed by atoms with Crippen LogP contribution in [-0.2, 0) is 14.3 Å². The van der Waals surface area contributed by atoms with E-state index in [-0.39, 0.29) is 18.0 Å². The maximum Gasteiger partial charge on any atom is 0.408 e. The molecule has 3 atom stereocenters. The van der Waals surface area contributed by atoms with E-state index < -0.39 is 29.7 Å². The van der Waals surface area contributed by atoms with Crippen molar-refractivity contribution in [1.82, 2.24) is 15.5 Å². The van der Waals surface area contributed by atoms with E-state index in [1.165, 1.54) is 4.90 Å². The first-order valence-corrected chi connectivity index (χ1v) is 11.0. The summed E-state index contributed by atoms with van der Waals surface area (Å²) in [6.45, 7) is 14.3. The molecule has 0 aliphatic heterocycles. The molecule has 0 heterocycles. The van der Waals surface area contributed by atoms with Crippen LogP contribution in [0.15, 0.2) is 24.3 Å². The molecule has 0 aliphatic rings. The molecule has 0 fully saturated rings. The molecular weight excluding hydrogens is 406 g/mol. The molecule has 1 aromatic rings. The predicted octanol–water partition coefficient (Wildman–Crippen LogP) is 3.77. The highest BCUT2D eigenvalue weighted by molar-refractivity contribution is 5.92. The number of hydrogen-bond acceptors (Lipinski definition) is 4. The number of rotatable bonds is 8. The van der Waals surface area contributed by atoms with E-state index in [0.717, 1.165) is 0 Å². The number of benzene rings is 1. The minimum atomic E-state index is -0.949. The fourth-order valence-corrected chi connectivity index (χ4v) is 3.21. The first-order chi connectivity index (χ1) is 14.8. The molecule has 0 aliphatic carbocycles. The van der Waals surface area contributed by atoms with E-state index in [1.54, 1.807) is 52.0 Å². The van der Waals surface area contributed by atoms with Gasteiger partial charge in [0.2, 0.25) is 11.8 Å². The van der Waals surface area contributed by atoms with Crippen molar-refractivity contribution in [3.05, 3.63) is 35.4 Å². The molecule has 1 rings (SSSR count). The number of carbonyl (C=O) groups excluding carboxylic acids is 3. The Morgan fingerprint density at radius 1 is 1.09 bits per heavy atom. The number of hydrogen-bond donors (Lipinski definition) is 2. The van der Waals surface area contributed by atoms with Crippen molar-refractivity contribution in [3.8, 4) is 12.3 Å². The Balaban J connectivity index is 3.44. The fraction of sp³-hybridized carbons (Fsp3) is 0.560. The number of ether oxygens (including phenoxy) is 1. The SMILES string of the molecule is C#Cc1ccccc1C(C(=O)NC(C)C)N(C(=O)C(C)NC(=O)OC(C)(C)C)C(C)CC. The van der Waals surface area contributed by atoms with Gasteiger partial charge in [-0.15, -0.1) is 6.42 Å². The smallest absolute Gasteiger partial charge is 0.408 e. The molecule has 0 bridgehead atoms. The summed E-state index contributed by atoms with van der Waals surface area (Å²) >= 11 is 0. The topological polar surface area (TPSA) is 87.7 Å². The van der Waals surface area contributed by atoms with Crippen LogP contribution in [0.3, 0.4) is 0 Å². The highest BCUT2D eigenvalue weighted by Crippen LogP contribution is 2.28. The summed E-state index contributed by atoms with van der Waals surface area (Å²) in [6, 6.07) is 4.79. The third-order valence-corrected chi connectivity index (χ3v) is 4.79. The van der Waals surface area contributed by atoms with Crippen molar-refractivity contribution < 1.29 is 19.1 Å². The van der Waals surface area contributed by atoms with E-state index in [9.17, 15) is 14.4 Å². The Morgan fingerprint density at radius 2 is 1.69 bits per heavy atom. The lowest BCUT2D eigenvalue weighted by Crippen LogP contribution is -2.55. The monoisotopic (exact) mass is 443 g/mol. The average molecular weight is 444 g/mol. The molecule has 1 aromatic carbocycles. The van der Waals surface area contributed by atoms with Crippen molar-refractivity contribution in [2.75, 3.05) is 0 Å². The third kappa shape index (κ3) is 7.60. The fourth-order valence-electron chi connectivity index (χ4n) is 3.21. The highest BCUT2D eigenvalue weighted by Gasteiger charge is 2.38. The number of nitrogens with one attached hydrogen (secondary N) is 2.